The first-order valence-electron chi connectivity index (χ1n) is 9.42. The summed E-state index contributed by atoms with van der Waals surface area (Å²) in [5.41, 5.74) is 8.27. The lowest BCUT2D eigenvalue weighted by Crippen LogP contribution is -2.46. The predicted molar refractivity (Wildman–Crippen MR) is 122 cm³/mol. The lowest BCUT2D eigenvalue weighted by Gasteiger charge is -2.34. The monoisotopic (exact) mass is 434 g/mol. The maximum Gasteiger partial charge on any atom is 0.330 e. The van der Waals surface area contributed by atoms with Gasteiger partial charge in [0.25, 0.3) is 0 Å². The Morgan fingerprint density at radius 1 is 1.23 bits per heavy atom. The Balaban J connectivity index is 1.57. The summed E-state index contributed by atoms with van der Waals surface area (Å²) in [6, 6.07) is 14.2. The van der Waals surface area contributed by atoms with Crippen molar-refractivity contribution in [3.63, 3.8) is 0 Å². The molecule has 1 aliphatic heterocycles. The Morgan fingerprint density at radius 2 is 2.00 bits per heavy atom. The van der Waals surface area contributed by atoms with Crippen LogP contribution in [0.1, 0.15) is 11.1 Å². The molecule has 9 heteroatoms. The molecular weight excluding hydrogens is 416 g/mol. The Bertz CT molecular complexity index is 1180. The van der Waals surface area contributed by atoms with Crippen molar-refractivity contribution in [2.45, 2.75) is 6.54 Å². The van der Waals surface area contributed by atoms with Crippen LogP contribution in [0.15, 0.2) is 60.8 Å². The molecule has 0 spiro atoms. The molecule has 156 valence electrons. The Labute approximate surface area is 184 Å². The molecule has 0 saturated heterocycles. The number of benzene rings is 2. The third-order valence-corrected chi connectivity index (χ3v) is 5.08. The summed E-state index contributed by atoms with van der Waals surface area (Å²) in [6.45, 7) is 0.226. The second-order valence-corrected chi connectivity index (χ2v) is 7.31. The zero-order chi connectivity index (χ0) is 22.0. The SMILES string of the molecule is CN1C(=O)N(c2cc(NC(=O)/C=C\c3ccccc3)ccc2Cl)Cc2cnc(N)nc21. The lowest BCUT2D eigenvalue weighted by atomic mass is 10.2. The molecule has 0 aliphatic carbocycles. The average molecular weight is 435 g/mol. The number of hydrogen-bond acceptors (Lipinski definition) is 5. The van der Waals surface area contributed by atoms with Crippen LogP contribution in [0.3, 0.4) is 0 Å². The molecule has 0 saturated carbocycles. The molecule has 0 bridgehead atoms. The van der Waals surface area contributed by atoms with Gasteiger partial charge in [-0.2, -0.15) is 4.98 Å². The number of halogens is 1. The molecule has 1 aromatic heterocycles. The second kappa shape index (κ2) is 8.45. The van der Waals surface area contributed by atoms with Crippen molar-refractivity contribution in [1.82, 2.24) is 9.97 Å². The van der Waals surface area contributed by atoms with E-state index >= 15 is 0 Å². The molecule has 0 unspecified atom stereocenters. The zero-order valence-electron chi connectivity index (χ0n) is 16.6. The highest BCUT2D eigenvalue weighted by molar-refractivity contribution is 6.34. The van der Waals surface area contributed by atoms with Crippen molar-refractivity contribution in [1.29, 1.82) is 0 Å². The first-order valence-corrected chi connectivity index (χ1v) is 9.80. The van der Waals surface area contributed by atoms with Crippen LogP contribution in [0.5, 0.6) is 0 Å². The minimum Gasteiger partial charge on any atom is -0.368 e. The number of rotatable bonds is 4. The van der Waals surface area contributed by atoms with E-state index in [-0.39, 0.29) is 24.4 Å². The minimum atomic E-state index is -0.319. The Kier molecular flexibility index (Phi) is 5.55. The topological polar surface area (TPSA) is 104 Å². The largest absolute Gasteiger partial charge is 0.368 e. The van der Waals surface area contributed by atoms with Gasteiger partial charge in [-0.25, -0.2) is 9.78 Å². The summed E-state index contributed by atoms with van der Waals surface area (Å²) in [5.74, 6) is 0.256. The van der Waals surface area contributed by atoms with Gasteiger partial charge in [-0.15, -0.1) is 0 Å². The molecule has 4 rings (SSSR count). The van der Waals surface area contributed by atoms with Crippen LogP contribution in [-0.4, -0.2) is 29.0 Å². The van der Waals surface area contributed by atoms with Crippen molar-refractivity contribution in [2.24, 2.45) is 0 Å². The maximum absolute atomic E-state index is 12.9. The minimum absolute atomic E-state index is 0.0955. The number of urea groups is 1. The molecule has 0 atom stereocenters. The number of fused-ring (bicyclic) bond motifs is 1. The Morgan fingerprint density at radius 3 is 2.77 bits per heavy atom. The summed E-state index contributed by atoms with van der Waals surface area (Å²) < 4.78 is 0. The molecule has 2 heterocycles. The van der Waals surface area contributed by atoms with Gasteiger partial charge in [0.15, 0.2) is 0 Å². The van der Waals surface area contributed by atoms with E-state index in [1.165, 1.54) is 15.9 Å². The van der Waals surface area contributed by atoms with Gasteiger partial charge in [0, 0.05) is 30.6 Å². The van der Waals surface area contributed by atoms with Crippen LogP contribution in [0.25, 0.3) is 6.08 Å². The van der Waals surface area contributed by atoms with E-state index in [2.05, 4.69) is 15.3 Å². The number of aromatic nitrogens is 2. The third-order valence-electron chi connectivity index (χ3n) is 4.76. The summed E-state index contributed by atoms with van der Waals surface area (Å²) in [7, 11) is 1.60. The van der Waals surface area contributed by atoms with Crippen LogP contribution in [0.2, 0.25) is 5.02 Å². The van der Waals surface area contributed by atoms with E-state index in [4.69, 9.17) is 17.3 Å². The number of carbonyl (C=O) groups is 2. The predicted octanol–water partition coefficient (Wildman–Crippen LogP) is 3.94. The zero-order valence-corrected chi connectivity index (χ0v) is 17.4. The van der Waals surface area contributed by atoms with E-state index in [0.717, 1.165) is 11.1 Å². The van der Waals surface area contributed by atoms with Gasteiger partial charge in [-0.1, -0.05) is 41.9 Å². The fourth-order valence-corrected chi connectivity index (χ4v) is 3.45. The fourth-order valence-electron chi connectivity index (χ4n) is 3.23. The highest BCUT2D eigenvalue weighted by atomic mass is 35.5. The van der Waals surface area contributed by atoms with Crippen molar-refractivity contribution in [2.75, 3.05) is 27.9 Å². The van der Waals surface area contributed by atoms with Crippen LogP contribution in [-0.2, 0) is 11.3 Å². The van der Waals surface area contributed by atoms with Gasteiger partial charge < -0.3 is 11.1 Å². The molecule has 3 amide bonds. The number of nitrogen functional groups attached to an aromatic ring is 1. The van der Waals surface area contributed by atoms with Crippen LogP contribution >= 0.6 is 11.6 Å². The van der Waals surface area contributed by atoms with Gasteiger partial charge in [-0.3, -0.25) is 14.6 Å². The molecule has 2 aromatic carbocycles. The number of anilines is 4. The average Bonchev–Trinajstić information content (AvgIpc) is 2.77. The number of nitrogens with two attached hydrogens (primary N) is 1. The number of amides is 3. The van der Waals surface area contributed by atoms with Gasteiger partial charge in [0.1, 0.15) is 5.82 Å². The van der Waals surface area contributed by atoms with E-state index < -0.39 is 0 Å². The number of nitrogens with one attached hydrogen (secondary N) is 1. The number of hydrogen-bond donors (Lipinski definition) is 2. The highest BCUT2D eigenvalue weighted by Crippen LogP contribution is 2.35. The van der Waals surface area contributed by atoms with Crippen molar-refractivity contribution in [3.8, 4) is 0 Å². The quantitative estimate of drug-likeness (QED) is 0.605. The van der Waals surface area contributed by atoms with Crippen molar-refractivity contribution < 1.29 is 9.59 Å². The molecule has 8 nitrogen and oxygen atoms in total. The van der Waals surface area contributed by atoms with E-state index in [1.54, 1.807) is 37.5 Å². The highest BCUT2D eigenvalue weighted by Gasteiger charge is 2.31. The van der Waals surface area contributed by atoms with E-state index in [0.29, 0.717) is 22.2 Å². The number of carbonyl (C=O) groups excluding carboxylic acids is 2. The second-order valence-electron chi connectivity index (χ2n) is 6.90. The molecule has 0 radical (unpaired) electrons. The van der Waals surface area contributed by atoms with E-state index in [1.807, 2.05) is 30.3 Å². The lowest BCUT2D eigenvalue weighted by molar-refractivity contribution is -0.111. The van der Waals surface area contributed by atoms with Gasteiger partial charge in [0.2, 0.25) is 11.9 Å². The summed E-state index contributed by atoms with van der Waals surface area (Å²) >= 11 is 6.38. The van der Waals surface area contributed by atoms with E-state index in [9.17, 15) is 9.59 Å². The molecule has 31 heavy (non-hydrogen) atoms. The summed E-state index contributed by atoms with van der Waals surface area (Å²) in [4.78, 5) is 36.3. The smallest absolute Gasteiger partial charge is 0.330 e. The maximum atomic E-state index is 12.9. The van der Waals surface area contributed by atoms with Gasteiger partial charge >= 0.3 is 6.03 Å². The molecule has 1 aliphatic rings. The van der Waals surface area contributed by atoms with Crippen LogP contribution in [0.4, 0.5) is 27.9 Å². The van der Waals surface area contributed by atoms with Gasteiger partial charge in [-0.05, 0) is 29.8 Å². The molecule has 3 aromatic rings. The van der Waals surface area contributed by atoms with Crippen molar-refractivity contribution >= 4 is 52.8 Å². The normalized spacial score (nSPS) is 13.4. The fraction of sp³-hybridized carbons (Fsp3) is 0.0909. The standard InChI is InChI=1S/C22H19ClN6O2/c1-28-20-15(12-25-21(24)27-20)13-29(22(28)31)18-11-16(8-9-17(18)23)26-19(30)10-7-14-5-3-2-4-6-14/h2-12H,13H2,1H3,(H,26,30)(H2,24,25,27)/b10-7-. The van der Waals surface area contributed by atoms with Gasteiger partial charge in [0.05, 0.1) is 17.3 Å². The molecular formula is C22H19ClN6O2. The summed E-state index contributed by atoms with van der Waals surface area (Å²) in [6.07, 6.45) is 4.75. The van der Waals surface area contributed by atoms with Crippen LogP contribution in [0, 0.1) is 0 Å². The van der Waals surface area contributed by atoms with Crippen molar-refractivity contribution in [3.05, 3.63) is 77.0 Å². The summed E-state index contributed by atoms with van der Waals surface area (Å²) in [5, 5.41) is 3.17. The molecule has 3 N–H and O–H groups in total. The first-order chi connectivity index (χ1) is 14.9. The Hall–Kier alpha value is -3.91. The molecule has 0 fully saturated rings. The third kappa shape index (κ3) is 4.34. The van der Waals surface area contributed by atoms with Crippen LogP contribution < -0.4 is 20.9 Å². The number of nitrogens with zero attached hydrogens (tertiary/aromatic N) is 4. The first kappa shape index (κ1) is 20.4.